The summed E-state index contributed by atoms with van der Waals surface area (Å²) in [5.41, 5.74) is 1.31. The van der Waals surface area contributed by atoms with E-state index in [-0.39, 0.29) is 5.41 Å². The van der Waals surface area contributed by atoms with E-state index in [1.165, 1.54) is 5.56 Å². The Morgan fingerprint density at radius 2 is 1.88 bits per heavy atom. The van der Waals surface area contributed by atoms with Crippen LogP contribution in [0.1, 0.15) is 31.7 Å². The van der Waals surface area contributed by atoms with Crippen molar-refractivity contribution in [2.24, 2.45) is 5.41 Å². The summed E-state index contributed by atoms with van der Waals surface area (Å²) in [6.45, 7) is 9.46. The number of rotatable bonds is 3. The van der Waals surface area contributed by atoms with E-state index in [2.05, 4.69) is 52.0 Å². The predicted molar refractivity (Wildman–Crippen MR) is 95.6 cm³/mol. The van der Waals surface area contributed by atoms with Gasteiger partial charge in [-0.2, -0.15) is 0 Å². The van der Waals surface area contributed by atoms with Crippen LogP contribution in [0.3, 0.4) is 0 Å². The quantitative estimate of drug-likeness (QED) is 0.852. The van der Waals surface area contributed by atoms with Gasteiger partial charge in [-0.3, -0.25) is 9.69 Å². The molecule has 3 aliphatic heterocycles. The molecule has 0 aromatic heterocycles. The highest BCUT2D eigenvalue weighted by Crippen LogP contribution is 2.42. The first-order valence-corrected chi connectivity index (χ1v) is 9.46. The zero-order valence-electron chi connectivity index (χ0n) is 14.8. The fraction of sp³-hybridized carbons (Fsp3) is 0.650. The molecule has 4 heteroatoms. The molecule has 0 saturated carbocycles. The van der Waals surface area contributed by atoms with Crippen LogP contribution in [0.15, 0.2) is 30.3 Å². The average molecular weight is 327 g/mol. The number of benzene rings is 1. The number of amides is 1. The van der Waals surface area contributed by atoms with Crippen molar-refractivity contribution in [3.63, 3.8) is 0 Å². The van der Waals surface area contributed by atoms with Crippen molar-refractivity contribution in [2.75, 3.05) is 39.3 Å². The molecule has 2 bridgehead atoms. The summed E-state index contributed by atoms with van der Waals surface area (Å²) in [5.74, 6) is 0.441. The first-order chi connectivity index (χ1) is 11.7. The van der Waals surface area contributed by atoms with Crippen LogP contribution in [0, 0.1) is 5.41 Å². The second kappa shape index (κ2) is 6.49. The van der Waals surface area contributed by atoms with Crippen LogP contribution in [0.2, 0.25) is 0 Å². The van der Waals surface area contributed by atoms with E-state index in [9.17, 15) is 4.79 Å². The molecule has 130 valence electrons. The lowest BCUT2D eigenvalue weighted by atomic mass is 9.82. The van der Waals surface area contributed by atoms with Gasteiger partial charge in [0.2, 0.25) is 5.91 Å². The van der Waals surface area contributed by atoms with Crippen molar-refractivity contribution >= 4 is 5.91 Å². The van der Waals surface area contributed by atoms with Crippen molar-refractivity contribution in [3.05, 3.63) is 35.9 Å². The Hall–Kier alpha value is -1.39. The van der Waals surface area contributed by atoms with Crippen LogP contribution in [-0.2, 0) is 11.3 Å². The second-order valence-corrected chi connectivity index (χ2v) is 7.98. The molecule has 0 N–H and O–H groups in total. The zero-order valence-corrected chi connectivity index (χ0v) is 14.8. The van der Waals surface area contributed by atoms with Crippen molar-refractivity contribution in [1.82, 2.24) is 14.7 Å². The maximum Gasteiger partial charge on any atom is 0.230 e. The summed E-state index contributed by atoms with van der Waals surface area (Å²) >= 11 is 0. The number of hydrogen-bond donors (Lipinski definition) is 0. The van der Waals surface area contributed by atoms with E-state index in [4.69, 9.17) is 0 Å². The minimum absolute atomic E-state index is 0.0527. The maximum absolute atomic E-state index is 13.3. The number of piperidine rings is 1. The fourth-order valence-corrected chi connectivity index (χ4v) is 4.85. The first kappa shape index (κ1) is 16.1. The van der Waals surface area contributed by atoms with Gasteiger partial charge in [-0.05, 0) is 44.8 Å². The summed E-state index contributed by atoms with van der Waals surface area (Å²) in [7, 11) is 0. The minimum Gasteiger partial charge on any atom is -0.338 e. The van der Waals surface area contributed by atoms with Gasteiger partial charge in [-0.1, -0.05) is 30.3 Å². The largest absolute Gasteiger partial charge is 0.338 e. The minimum atomic E-state index is -0.0527. The van der Waals surface area contributed by atoms with Gasteiger partial charge >= 0.3 is 0 Å². The fourth-order valence-electron chi connectivity index (χ4n) is 4.85. The molecular weight excluding hydrogens is 298 g/mol. The van der Waals surface area contributed by atoms with Crippen LogP contribution in [0.5, 0.6) is 0 Å². The topological polar surface area (TPSA) is 26.8 Å². The van der Waals surface area contributed by atoms with Gasteiger partial charge < -0.3 is 9.80 Å². The Morgan fingerprint density at radius 1 is 1.12 bits per heavy atom. The highest BCUT2D eigenvalue weighted by molar-refractivity contribution is 5.84. The molecule has 3 saturated heterocycles. The van der Waals surface area contributed by atoms with Crippen molar-refractivity contribution < 1.29 is 4.79 Å². The van der Waals surface area contributed by atoms with E-state index in [1.54, 1.807) is 0 Å². The smallest absolute Gasteiger partial charge is 0.230 e. The zero-order chi connectivity index (χ0) is 16.6. The van der Waals surface area contributed by atoms with Gasteiger partial charge in [0, 0.05) is 38.8 Å². The van der Waals surface area contributed by atoms with Gasteiger partial charge in [-0.15, -0.1) is 0 Å². The standard InChI is InChI=1S/C20H29N3O/c1-17-14-22(15-18-6-3-2-4-7-18)10-5-11-23(17)19(24)20-8-12-21(16-20)13-9-20/h2-4,6-7,17H,5,8-16H2,1H3. The number of carbonyl (C=O) groups is 1. The van der Waals surface area contributed by atoms with E-state index in [0.29, 0.717) is 11.9 Å². The lowest BCUT2D eigenvalue weighted by Gasteiger charge is -2.35. The summed E-state index contributed by atoms with van der Waals surface area (Å²) in [5, 5.41) is 0. The van der Waals surface area contributed by atoms with Gasteiger partial charge in [-0.25, -0.2) is 0 Å². The lowest BCUT2D eigenvalue weighted by Crippen LogP contribution is -2.49. The molecule has 1 aromatic carbocycles. The third-order valence-electron chi connectivity index (χ3n) is 6.23. The summed E-state index contributed by atoms with van der Waals surface area (Å²) in [6.07, 6.45) is 3.23. The van der Waals surface area contributed by atoms with E-state index < -0.39 is 0 Å². The number of hydrogen-bond acceptors (Lipinski definition) is 3. The van der Waals surface area contributed by atoms with Crippen LogP contribution in [0.4, 0.5) is 0 Å². The molecule has 3 heterocycles. The average Bonchev–Trinajstić information content (AvgIpc) is 3.16. The molecule has 0 radical (unpaired) electrons. The molecule has 1 atom stereocenters. The van der Waals surface area contributed by atoms with Gasteiger partial charge in [0.05, 0.1) is 5.41 Å². The van der Waals surface area contributed by atoms with Crippen LogP contribution >= 0.6 is 0 Å². The molecule has 0 aliphatic carbocycles. The SMILES string of the molecule is CC1CN(Cc2ccccc2)CCCN1C(=O)C12CCN(CC1)C2. The molecule has 24 heavy (non-hydrogen) atoms. The Morgan fingerprint density at radius 3 is 2.54 bits per heavy atom. The van der Waals surface area contributed by atoms with Crippen LogP contribution in [-0.4, -0.2) is 65.9 Å². The maximum atomic E-state index is 13.3. The van der Waals surface area contributed by atoms with Gasteiger partial charge in [0.15, 0.2) is 0 Å². The Bertz CT molecular complexity index is 580. The lowest BCUT2D eigenvalue weighted by molar-refractivity contribution is -0.142. The molecule has 1 unspecified atom stereocenters. The van der Waals surface area contributed by atoms with Gasteiger partial charge in [0.1, 0.15) is 0 Å². The Balaban J connectivity index is 1.42. The van der Waals surface area contributed by atoms with Crippen molar-refractivity contribution in [1.29, 1.82) is 0 Å². The predicted octanol–water partition coefficient (Wildman–Crippen LogP) is 2.21. The first-order valence-electron chi connectivity index (χ1n) is 9.46. The van der Waals surface area contributed by atoms with Gasteiger partial charge in [0.25, 0.3) is 0 Å². The molecule has 4 nitrogen and oxygen atoms in total. The third kappa shape index (κ3) is 2.98. The molecule has 1 amide bonds. The molecule has 4 rings (SSSR count). The van der Waals surface area contributed by atoms with E-state index in [0.717, 1.165) is 65.1 Å². The second-order valence-electron chi connectivity index (χ2n) is 7.98. The number of carbonyl (C=O) groups excluding carboxylic acids is 1. The van der Waals surface area contributed by atoms with Crippen LogP contribution in [0.25, 0.3) is 0 Å². The number of nitrogens with zero attached hydrogens (tertiary/aromatic N) is 3. The van der Waals surface area contributed by atoms with Crippen molar-refractivity contribution in [2.45, 2.75) is 38.8 Å². The van der Waals surface area contributed by atoms with E-state index in [1.807, 2.05) is 0 Å². The molecular formula is C20H29N3O. The normalized spacial score (nSPS) is 33.6. The van der Waals surface area contributed by atoms with Crippen molar-refractivity contribution in [3.8, 4) is 0 Å². The highest BCUT2D eigenvalue weighted by atomic mass is 16.2. The number of fused-ring (bicyclic) bond motifs is 2. The third-order valence-corrected chi connectivity index (χ3v) is 6.23. The van der Waals surface area contributed by atoms with E-state index >= 15 is 0 Å². The Labute approximate surface area is 145 Å². The Kier molecular flexibility index (Phi) is 4.35. The summed E-state index contributed by atoms with van der Waals surface area (Å²) < 4.78 is 0. The summed E-state index contributed by atoms with van der Waals surface area (Å²) in [6, 6.07) is 11.0. The highest BCUT2D eigenvalue weighted by Gasteiger charge is 2.51. The molecule has 3 fully saturated rings. The summed E-state index contributed by atoms with van der Waals surface area (Å²) in [4.78, 5) is 20.5. The van der Waals surface area contributed by atoms with Crippen LogP contribution < -0.4 is 0 Å². The monoisotopic (exact) mass is 327 g/mol. The molecule has 3 aliphatic rings. The molecule has 1 aromatic rings. The molecule has 0 spiro atoms.